The Hall–Kier alpha value is -0.870. The van der Waals surface area contributed by atoms with Gasteiger partial charge in [-0.05, 0) is 31.4 Å². The van der Waals surface area contributed by atoms with Crippen LogP contribution in [0.15, 0.2) is 6.07 Å². The van der Waals surface area contributed by atoms with Crippen LogP contribution in [0.5, 0.6) is 0 Å². The van der Waals surface area contributed by atoms with Gasteiger partial charge < -0.3 is 5.11 Å². The van der Waals surface area contributed by atoms with Crippen LogP contribution in [0.4, 0.5) is 0 Å². The Bertz CT molecular complexity index is 385. The average molecular weight is 255 g/mol. The molecule has 4 heteroatoms. The molecule has 0 fully saturated rings. The van der Waals surface area contributed by atoms with E-state index in [0.29, 0.717) is 5.92 Å². The van der Waals surface area contributed by atoms with Gasteiger partial charge in [0, 0.05) is 22.8 Å². The highest BCUT2D eigenvalue weighted by Gasteiger charge is 2.14. The predicted molar refractivity (Wildman–Crippen MR) is 71.5 cm³/mol. The van der Waals surface area contributed by atoms with Crippen LogP contribution in [0.3, 0.4) is 0 Å². The fourth-order valence-corrected chi connectivity index (χ4v) is 2.91. The van der Waals surface area contributed by atoms with Gasteiger partial charge in [0.25, 0.3) is 0 Å². The minimum absolute atomic E-state index is 0.118. The van der Waals surface area contributed by atoms with E-state index in [1.54, 1.807) is 11.3 Å². The molecule has 0 aliphatic carbocycles. The van der Waals surface area contributed by atoms with Gasteiger partial charge in [0.15, 0.2) is 0 Å². The lowest BCUT2D eigenvalue weighted by atomic mass is 10.1. The lowest BCUT2D eigenvalue weighted by Gasteiger charge is -2.22. The highest BCUT2D eigenvalue weighted by atomic mass is 32.1. The summed E-state index contributed by atoms with van der Waals surface area (Å²) in [6.45, 7) is 10.1. The zero-order valence-corrected chi connectivity index (χ0v) is 11.8. The van der Waals surface area contributed by atoms with E-state index in [1.807, 2.05) is 4.90 Å². The van der Waals surface area contributed by atoms with Crippen LogP contribution in [0.1, 0.15) is 29.2 Å². The number of carboxylic acid groups (broad SMARTS) is 1. The fourth-order valence-electron chi connectivity index (χ4n) is 1.97. The lowest BCUT2D eigenvalue weighted by molar-refractivity contribution is -0.138. The molecule has 0 aliphatic heterocycles. The Balaban J connectivity index is 2.71. The molecule has 0 radical (unpaired) electrons. The molecule has 0 bridgehead atoms. The van der Waals surface area contributed by atoms with Crippen molar-refractivity contribution >= 4 is 17.3 Å². The highest BCUT2D eigenvalue weighted by molar-refractivity contribution is 7.12. The second kappa shape index (κ2) is 6.17. The summed E-state index contributed by atoms with van der Waals surface area (Å²) < 4.78 is 0. The van der Waals surface area contributed by atoms with Crippen molar-refractivity contribution in [2.24, 2.45) is 5.92 Å². The molecule has 0 aliphatic rings. The van der Waals surface area contributed by atoms with Crippen molar-refractivity contribution in [2.75, 3.05) is 13.1 Å². The minimum atomic E-state index is -0.754. The second-order valence-corrected chi connectivity index (χ2v) is 6.36. The molecule has 1 aromatic heterocycles. The third kappa shape index (κ3) is 4.88. The first-order valence-corrected chi connectivity index (χ1v) is 6.70. The number of hydrogen-bond donors (Lipinski definition) is 1. The number of carbonyl (C=O) groups is 1. The molecular weight excluding hydrogens is 234 g/mol. The van der Waals surface area contributed by atoms with Crippen molar-refractivity contribution < 1.29 is 9.90 Å². The normalized spacial score (nSPS) is 11.4. The van der Waals surface area contributed by atoms with E-state index in [9.17, 15) is 4.79 Å². The van der Waals surface area contributed by atoms with E-state index in [2.05, 4.69) is 33.8 Å². The molecule has 0 saturated carbocycles. The molecule has 3 nitrogen and oxygen atoms in total. The average Bonchev–Trinajstić information content (AvgIpc) is 2.42. The summed E-state index contributed by atoms with van der Waals surface area (Å²) in [5.41, 5.74) is 1.26. The Labute approximate surface area is 107 Å². The molecule has 1 rings (SSSR count). The summed E-state index contributed by atoms with van der Waals surface area (Å²) in [5, 5.41) is 8.91. The first-order chi connectivity index (χ1) is 7.88. The van der Waals surface area contributed by atoms with E-state index in [-0.39, 0.29) is 6.54 Å². The second-order valence-electron chi connectivity index (χ2n) is 4.90. The smallest absolute Gasteiger partial charge is 0.317 e. The van der Waals surface area contributed by atoms with Crippen molar-refractivity contribution in [3.05, 3.63) is 21.4 Å². The van der Waals surface area contributed by atoms with Crippen molar-refractivity contribution in [3.63, 3.8) is 0 Å². The van der Waals surface area contributed by atoms with Crippen LogP contribution in [-0.2, 0) is 11.3 Å². The number of nitrogens with zero attached hydrogens (tertiary/aromatic N) is 1. The molecule has 1 N–H and O–H groups in total. The zero-order valence-electron chi connectivity index (χ0n) is 11.0. The number of aryl methyl sites for hydroxylation is 2. The number of rotatable bonds is 6. The Morgan fingerprint density at radius 2 is 2.12 bits per heavy atom. The molecule has 1 aromatic rings. The zero-order chi connectivity index (χ0) is 13.0. The topological polar surface area (TPSA) is 40.5 Å². The molecule has 0 atom stereocenters. The van der Waals surface area contributed by atoms with Gasteiger partial charge in [0.1, 0.15) is 0 Å². The predicted octanol–water partition coefficient (Wildman–Crippen LogP) is 2.91. The number of carboxylic acids is 1. The first-order valence-electron chi connectivity index (χ1n) is 5.88. The summed E-state index contributed by atoms with van der Waals surface area (Å²) in [6, 6.07) is 2.16. The Morgan fingerprint density at radius 1 is 1.47 bits per heavy atom. The maximum Gasteiger partial charge on any atom is 0.317 e. The summed E-state index contributed by atoms with van der Waals surface area (Å²) in [7, 11) is 0. The molecule has 96 valence electrons. The van der Waals surface area contributed by atoms with E-state index in [1.165, 1.54) is 15.3 Å². The SMILES string of the molecule is Cc1cc(CN(CC(=O)O)CC(C)C)c(C)s1. The van der Waals surface area contributed by atoms with Crippen LogP contribution in [0.2, 0.25) is 0 Å². The molecule has 1 heterocycles. The Kier molecular flexibility index (Phi) is 5.15. The van der Waals surface area contributed by atoms with Gasteiger partial charge in [-0.3, -0.25) is 9.69 Å². The molecular formula is C13H21NO2S. The van der Waals surface area contributed by atoms with E-state index < -0.39 is 5.97 Å². The van der Waals surface area contributed by atoms with E-state index >= 15 is 0 Å². The molecule has 0 amide bonds. The van der Waals surface area contributed by atoms with Gasteiger partial charge >= 0.3 is 5.97 Å². The largest absolute Gasteiger partial charge is 0.480 e. The fraction of sp³-hybridized carbons (Fsp3) is 0.615. The Morgan fingerprint density at radius 3 is 2.53 bits per heavy atom. The lowest BCUT2D eigenvalue weighted by Crippen LogP contribution is -2.32. The van der Waals surface area contributed by atoms with Crippen molar-refractivity contribution in [2.45, 2.75) is 34.2 Å². The number of aliphatic carboxylic acids is 1. The van der Waals surface area contributed by atoms with Crippen molar-refractivity contribution in [3.8, 4) is 0 Å². The van der Waals surface area contributed by atoms with Gasteiger partial charge in [0.2, 0.25) is 0 Å². The van der Waals surface area contributed by atoms with Gasteiger partial charge in [-0.1, -0.05) is 13.8 Å². The van der Waals surface area contributed by atoms with Gasteiger partial charge in [-0.2, -0.15) is 0 Å². The molecule has 17 heavy (non-hydrogen) atoms. The summed E-state index contributed by atoms with van der Waals surface area (Å²) >= 11 is 1.77. The van der Waals surface area contributed by atoms with E-state index in [0.717, 1.165) is 13.1 Å². The summed E-state index contributed by atoms with van der Waals surface area (Å²) in [6.07, 6.45) is 0. The van der Waals surface area contributed by atoms with Crippen molar-refractivity contribution in [1.82, 2.24) is 4.90 Å². The summed E-state index contributed by atoms with van der Waals surface area (Å²) in [4.78, 5) is 15.4. The molecule has 0 saturated heterocycles. The summed E-state index contributed by atoms with van der Waals surface area (Å²) in [5.74, 6) is -0.273. The van der Waals surface area contributed by atoms with Crippen molar-refractivity contribution in [1.29, 1.82) is 0 Å². The first kappa shape index (κ1) is 14.2. The monoisotopic (exact) mass is 255 g/mol. The molecule has 0 spiro atoms. The number of thiophene rings is 1. The van der Waals surface area contributed by atoms with Gasteiger partial charge in [-0.25, -0.2) is 0 Å². The number of hydrogen-bond acceptors (Lipinski definition) is 3. The third-order valence-electron chi connectivity index (χ3n) is 2.52. The van der Waals surface area contributed by atoms with Crippen LogP contribution in [0, 0.1) is 19.8 Å². The minimum Gasteiger partial charge on any atom is -0.480 e. The molecule has 0 aromatic carbocycles. The van der Waals surface area contributed by atoms with Crippen LogP contribution < -0.4 is 0 Å². The van der Waals surface area contributed by atoms with Gasteiger partial charge in [0.05, 0.1) is 6.54 Å². The maximum absolute atomic E-state index is 10.8. The van der Waals surface area contributed by atoms with Crippen LogP contribution in [-0.4, -0.2) is 29.1 Å². The maximum atomic E-state index is 10.8. The molecule has 0 unspecified atom stereocenters. The quantitative estimate of drug-likeness (QED) is 0.849. The standard InChI is InChI=1S/C13H21NO2S/c1-9(2)6-14(8-13(15)16)7-12-5-10(3)17-11(12)4/h5,9H,6-8H2,1-4H3,(H,15,16). The van der Waals surface area contributed by atoms with Gasteiger partial charge in [-0.15, -0.1) is 11.3 Å². The van der Waals surface area contributed by atoms with Crippen LogP contribution >= 0.6 is 11.3 Å². The van der Waals surface area contributed by atoms with Crippen LogP contribution in [0.25, 0.3) is 0 Å². The highest BCUT2D eigenvalue weighted by Crippen LogP contribution is 2.22. The van der Waals surface area contributed by atoms with E-state index in [4.69, 9.17) is 5.11 Å². The third-order valence-corrected chi connectivity index (χ3v) is 3.53.